The zero-order valence-corrected chi connectivity index (χ0v) is 14.9. The first kappa shape index (κ1) is 19.1. The molecule has 0 aliphatic carbocycles. The molecule has 0 spiro atoms. The Balaban J connectivity index is 2.12. The van der Waals surface area contributed by atoms with Crippen LogP contribution >= 0.6 is 11.6 Å². The van der Waals surface area contributed by atoms with Gasteiger partial charge in [-0.1, -0.05) is 23.7 Å². The van der Waals surface area contributed by atoms with Crippen LogP contribution < -0.4 is 4.74 Å². The molecule has 0 saturated heterocycles. The second-order valence-electron chi connectivity index (χ2n) is 6.08. The summed E-state index contributed by atoms with van der Waals surface area (Å²) in [6, 6.07) is 11.1. The van der Waals surface area contributed by atoms with Crippen LogP contribution in [-0.2, 0) is 17.8 Å². The second kappa shape index (κ2) is 7.15. The van der Waals surface area contributed by atoms with Gasteiger partial charge in [-0.05, 0) is 48.4 Å². The summed E-state index contributed by atoms with van der Waals surface area (Å²) in [7, 11) is 0. The van der Waals surface area contributed by atoms with Gasteiger partial charge < -0.3 is 14.4 Å². The molecule has 2 aromatic carbocycles. The number of benzene rings is 2. The molecule has 0 unspecified atom stereocenters. The molecule has 1 heterocycles. The van der Waals surface area contributed by atoms with Crippen LogP contribution in [0.3, 0.4) is 0 Å². The van der Waals surface area contributed by atoms with E-state index in [4.69, 9.17) is 11.6 Å². The normalized spacial score (nSPS) is 11.7. The van der Waals surface area contributed by atoms with E-state index in [1.165, 1.54) is 18.2 Å². The van der Waals surface area contributed by atoms with Crippen LogP contribution in [0, 0.1) is 6.92 Å². The van der Waals surface area contributed by atoms with E-state index in [1.54, 1.807) is 25.1 Å². The van der Waals surface area contributed by atoms with E-state index in [-0.39, 0.29) is 12.2 Å². The molecular weight excluding hydrogens is 383 g/mol. The lowest BCUT2D eigenvalue weighted by Gasteiger charge is -2.11. The van der Waals surface area contributed by atoms with Crippen LogP contribution in [0.15, 0.2) is 42.5 Å². The molecule has 0 saturated carbocycles. The molecule has 0 fully saturated rings. The fourth-order valence-electron chi connectivity index (χ4n) is 3.12. The lowest BCUT2D eigenvalue weighted by atomic mass is 10.1. The molecule has 1 N–H and O–H groups in total. The van der Waals surface area contributed by atoms with Crippen LogP contribution in [0.4, 0.5) is 13.2 Å². The highest BCUT2D eigenvalue weighted by Gasteiger charge is 2.31. The molecule has 3 aromatic rings. The van der Waals surface area contributed by atoms with Crippen LogP contribution in [0.5, 0.6) is 5.75 Å². The fraction of sp³-hybridized carbons (Fsp3) is 0.211. The predicted molar refractivity (Wildman–Crippen MR) is 95.3 cm³/mol. The maximum absolute atomic E-state index is 12.5. The van der Waals surface area contributed by atoms with Crippen molar-refractivity contribution in [2.45, 2.75) is 26.3 Å². The van der Waals surface area contributed by atoms with Crippen LogP contribution in [0.25, 0.3) is 10.9 Å². The first-order valence-corrected chi connectivity index (χ1v) is 8.35. The summed E-state index contributed by atoms with van der Waals surface area (Å²) in [4.78, 5) is 11.3. The smallest absolute Gasteiger partial charge is 0.481 e. The number of carbonyl (C=O) groups is 1. The molecular formula is C19H15ClF3NO3. The van der Waals surface area contributed by atoms with E-state index in [2.05, 4.69) is 4.74 Å². The van der Waals surface area contributed by atoms with Gasteiger partial charge in [0.1, 0.15) is 5.75 Å². The maximum atomic E-state index is 12.5. The summed E-state index contributed by atoms with van der Waals surface area (Å²) in [5, 5.41) is 10.2. The molecule has 4 nitrogen and oxygen atoms in total. The van der Waals surface area contributed by atoms with Gasteiger partial charge in [-0.2, -0.15) is 0 Å². The van der Waals surface area contributed by atoms with Gasteiger partial charge in [0.05, 0.1) is 6.42 Å². The number of alkyl halides is 3. The van der Waals surface area contributed by atoms with Crippen molar-refractivity contribution in [2.75, 3.05) is 0 Å². The number of aliphatic carboxylic acids is 1. The summed E-state index contributed by atoms with van der Waals surface area (Å²) in [5.74, 6) is -1.46. The topological polar surface area (TPSA) is 51.5 Å². The minimum Gasteiger partial charge on any atom is -0.481 e. The lowest BCUT2D eigenvalue weighted by Crippen LogP contribution is -2.17. The van der Waals surface area contributed by atoms with Crippen molar-refractivity contribution in [3.05, 3.63) is 64.3 Å². The van der Waals surface area contributed by atoms with Crippen LogP contribution in [0.2, 0.25) is 5.02 Å². The van der Waals surface area contributed by atoms with E-state index in [1.807, 2.05) is 10.6 Å². The van der Waals surface area contributed by atoms with E-state index in [9.17, 15) is 23.1 Å². The molecule has 27 heavy (non-hydrogen) atoms. The first-order valence-electron chi connectivity index (χ1n) is 7.98. The van der Waals surface area contributed by atoms with Crippen molar-refractivity contribution in [1.29, 1.82) is 0 Å². The van der Waals surface area contributed by atoms with Crippen molar-refractivity contribution < 1.29 is 27.8 Å². The lowest BCUT2D eigenvalue weighted by molar-refractivity contribution is -0.274. The highest BCUT2D eigenvalue weighted by molar-refractivity contribution is 6.30. The highest BCUT2D eigenvalue weighted by atomic mass is 35.5. The third-order valence-corrected chi connectivity index (χ3v) is 4.45. The fourth-order valence-corrected chi connectivity index (χ4v) is 3.34. The van der Waals surface area contributed by atoms with E-state index in [0.29, 0.717) is 33.7 Å². The third-order valence-electron chi connectivity index (χ3n) is 4.22. The summed E-state index contributed by atoms with van der Waals surface area (Å²) in [6.07, 6.45) is -5.13. The molecule has 0 aliphatic rings. The van der Waals surface area contributed by atoms with Gasteiger partial charge in [0.2, 0.25) is 0 Å². The van der Waals surface area contributed by atoms with E-state index < -0.39 is 12.3 Å². The zero-order valence-electron chi connectivity index (χ0n) is 14.2. The Morgan fingerprint density at radius 1 is 1.22 bits per heavy atom. The zero-order chi connectivity index (χ0) is 19.8. The number of halogens is 4. The number of nitrogens with zero attached hydrogens (tertiary/aromatic N) is 1. The Morgan fingerprint density at radius 3 is 2.59 bits per heavy atom. The SMILES string of the molecule is Cc1c(CC(=O)O)c2cc(OC(F)(F)F)ccc2n1Cc1cccc(Cl)c1. The Kier molecular flexibility index (Phi) is 5.06. The summed E-state index contributed by atoms with van der Waals surface area (Å²) in [5.41, 5.74) is 2.63. The molecule has 0 radical (unpaired) electrons. The highest BCUT2D eigenvalue weighted by Crippen LogP contribution is 2.32. The Bertz CT molecular complexity index is 1010. The van der Waals surface area contributed by atoms with Crippen molar-refractivity contribution >= 4 is 28.5 Å². The molecule has 0 atom stereocenters. The number of hydrogen-bond donors (Lipinski definition) is 1. The largest absolute Gasteiger partial charge is 0.573 e. The standard InChI is InChI=1S/C19H15ClF3NO3/c1-11-15(9-18(25)26)16-8-14(27-19(21,22)23)5-6-17(16)24(11)10-12-3-2-4-13(20)7-12/h2-8H,9-10H2,1H3,(H,25,26). The van der Waals surface area contributed by atoms with Crippen LogP contribution in [-0.4, -0.2) is 22.0 Å². The maximum Gasteiger partial charge on any atom is 0.573 e. The molecule has 3 rings (SSSR count). The average Bonchev–Trinajstić information content (AvgIpc) is 2.78. The Morgan fingerprint density at radius 2 is 1.96 bits per heavy atom. The number of ether oxygens (including phenoxy) is 1. The molecule has 142 valence electrons. The molecule has 0 bridgehead atoms. The number of carboxylic acids is 1. The summed E-state index contributed by atoms with van der Waals surface area (Å²) < 4.78 is 43.4. The van der Waals surface area contributed by atoms with E-state index in [0.717, 1.165) is 5.56 Å². The number of fused-ring (bicyclic) bond motifs is 1. The van der Waals surface area contributed by atoms with Gasteiger partial charge in [-0.15, -0.1) is 13.2 Å². The molecule has 0 amide bonds. The second-order valence-corrected chi connectivity index (χ2v) is 6.51. The monoisotopic (exact) mass is 397 g/mol. The van der Waals surface area contributed by atoms with Crippen LogP contribution in [0.1, 0.15) is 16.8 Å². The Hall–Kier alpha value is -2.67. The minimum atomic E-state index is -4.82. The van der Waals surface area contributed by atoms with Crippen molar-refractivity contribution in [3.63, 3.8) is 0 Å². The average molecular weight is 398 g/mol. The van der Waals surface area contributed by atoms with Gasteiger partial charge >= 0.3 is 12.3 Å². The first-order chi connectivity index (χ1) is 12.6. The number of hydrogen-bond acceptors (Lipinski definition) is 2. The predicted octanol–water partition coefficient (Wildman–Crippen LogP) is 5.18. The van der Waals surface area contributed by atoms with Gasteiger partial charge in [0.15, 0.2) is 0 Å². The van der Waals surface area contributed by atoms with Crippen molar-refractivity contribution in [3.8, 4) is 5.75 Å². The summed E-state index contributed by atoms with van der Waals surface area (Å²) in [6.45, 7) is 2.15. The van der Waals surface area contributed by atoms with Gasteiger partial charge in [-0.3, -0.25) is 4.79 Å². The van der Waals surface area contributed by atoms with Gasteiger partial charge in [0.25, 0.3) is 0 Å². The summed E-state index contributed by atoms with van der Waals surface area (Å²) >= 11 is 6.02. The van der Waals surface area contributed by atoms with E-state index >= 15 is 0 Å². The van der Waals surface area contributed by atoms with Crippen molar-refractivity contribution in [2.24, 2.45) is 0 Å². The van der Waals surface area contributed by atoms with Gasteiger partial charge in [-0.25, -0.2) is 0 Å². The third kappa shape index (κ3) is 4.36. The molecule has 1 aromatic heterocycles. The number of aromatic nitrogens is 1. The molecule has 0 aliphatic heterocycles. The quantitative estimate of drug-likeness (QED) is 0.645. The Labute approximate surface area is 157 Å². The minimum absolute atomic E-state index is 0.305. The number of carboxylic acid groups (broad SMARTS) is 1. The van der Waals surface area contributed by atoms with Gasteiger partial charge in [0, 0.05) is 28.2 Å². The van der Waals surface area contributed by atoms with Crippen molar-refractivity contribution in [1.82, 2.24) is 4.57 Å². The molecule has 8 heteroatoms. The number of rotatable bonds is 5.